The molecule has 0 spiro atoms. The number of hydrogen-bond donors (Lipinski definition) is 0. The molecule has 0 aliphatic carbocycles. The molecule has 0 radical (unpaired) electrons. The Bertz CT molecular complexity index is 4440. The van der Waals surface area contributed by atoms with Crippen LogP contribution in [0.4, 0.5) is 22.7 Å². The summed E-state index contributed by atoms with van der Waals surface area (Å²) in [5.74, 6) is 1.25. The van der Waals surface area contributed by atoms with Gasteiger partial charge in [-0.25, -0.2) is 4.98 Å². The molecule has 1 aliphatic heterocycles. The molecule has 3 aromatic heterocycles. The average molecular weight is 1020 g/mol. The van der Waals surface area contributed by atoms with Gasteiger partial charge in [0.25, 0.3) is 0 Å². The number of thiophene rings is 1. The lowest BCUT2D eigenvalue weighted by atomic mass is 9.77. The van der Waals surface area contributed by atoms with Crippen molar-refractivity contribution in [3.63, 3.8) is 0 Å². The molecule has 0 saturated carbocycles. The van der Waals surface area contributed by atoms with E-state index in [1.165, 1.54) is 16.2 Å². The molecule has 1 aliphatic rings. The first-order valence-corrected chi connectivity index (χ1v) is 27.1. The van der Waals surface area contributed by atoms with Crippen LogP contribution in [0, 0.1) is 5.92 Å². The summed E-state index contributed by atoms with van der Waals surface area (Å²) >= 11 is 1.74. The van der Waals surface area contributed by atoms with Gasteiger partial charge < -0.3 is 14.5 Å². The zero-order valence-electron chi connectivity index (χ0n) is 53.2. The smallest absolute Gasteiger partial charge is 0.137 e. The maximum Gasteiger partial charge on any atom is 0.137 e. The highest BCUT2D eigenvalue weighted by molar-refractivity contribution is 7.26. The van der Waals surface area contributed by atoms with Gasteiger partial charge in [0.15, 0.2) is 0 Å². The van der Waals surface area contributed by atoms with Crippen molar-refractivity contribution in [3.8, 4) is 39.6 Å². The Balaban J connectivity index is 1.02. The highest BCUT2D eigenvalue weighted by Gasteiger charge is 2.34. The molecule has 0 bridgehead atoms. The third-order valence-corrected chi connectivity index (χ3v) is 15.9. The summed E-state index contributed by atoms with van der Waals surface area (Å²) in [5.41, 5.74) is 10.4. The topological polar surface area (TPSA) is 33.5 Å². The molecule has 0 atom stereocenters. The first-order chi connectivity index (χ1) is 39.6. The van der Waals surface area contributed by atoms with Gasteiger partial charge in [-0.05, 0) is 135 Å². The van der Waals surface area contributed by atoms with Crippen molar-refractivity contribution in [1.29, 1.82) is 0 Å². The van der Waals surface area contributed by atoms with Crippen LogP contribution in [0.25, 0.3) is 70.0 Å². The van der Waals surface area contributed by atoms with Gasteiger partial charge in [-0.3, -0.25) is 4.57 Å². The molecule has 0 amide bonds. The van der Waals surface area contributed by atoms with Crippen LogP contribution < -0.4 is 14.5 Å². The van der Waals surface area contributed by atoms with Gasteiger partial charge in [-0.15, -0.1) is 11.3 Å². The SMILES string of the molecule is [2H]c1cc(C([2H])([2H])C(C)C)cc(-n2c3cc(Oc4cccc(N5CN(c6c(-c7cc(C(C)(C)C)cc(C(C)(C)C)c7)cc(C(C)(C)C)cc6-c6c([2H])c([2H])c([2H])c([2H])c6[2H])c6ccccc65)c4)ccc3c3c4sc5ccccc5c4ccc32)n1. The second-order valence-corrected chi connectivity index (χ2v) is 24.7. The molecule has 0 fully saturated rings. The molecule has 6 heteroatoms. The van der Waals surface area contributed by atoms with Crippen LogP contribution in [-0.4, -0.2) is 16.2 Å². The lowest BCUT2D eigenvalue weighted by molar-refractivity contribution is 0.483. The van der Waals surface area contributed by atoms with Gasteiger partial charge in [-0.1, -0.05) is 167 Å². The zero-order valence-corrected chi connectivity index (χ0v) is 46.1. The fraction of sp³-hybridized carbons (Fsp3) is 0.243. The Kier molecular flexibility index (Phi) is 9.92. The van der Waals surface area contributed by atoms with E-state index in [9.17, 15) is 2.74 Å². The van der Waals surface area contributed by atoms with Gasteiger partial charge in [-0.2, -0.15) is 0 Å². The third-order valence-electron chi connectivity index (χ3n) is 14.7. The van der Waals surface area contributed by atoms with E-state index in [2.05, 4.69) is 157 Å². The molecular weight excluding hydrogens is 945 g/mol. The number of aromatic nitrogens is 2. The maximum atomic E-state index is 9.50. The van der Waals surface area contributed by atoms with Crippen molar-refractivity contribution >= 4 is 76.1 Å². The molecule has 0 N–H and O–H groups in total. The Morgan fingerprint density at radius 3 is 1.95 bits per heavy atom. The zero-order chi connectivity index (χ0) is 59.9. The van der Waals surface area contributed by atoms with Crippen molar-refractivity contribution in [2.75, 3.05) is 16.5 Å². The van der Waals surface area contributed by atoms with Crippen molar-refractivity contribution in [3.05, 3.63) is 204 Å². The van der Waals surface area contributed by atoms with Gasteiger partial charge in [0.2, 0.25) is 0 Å². The summed E-state index contributed by atoms with van der Waals surface area (Å²) in [4.78, 5) is 9.23. The molecule has 76 heavy (non-hydrogen) atoms. The fourth-order valence-electron chi connectivity index (χ4n) is 10.8. The van der Waals surface area contributed by atoms with Crippen LogP contribution in [-0.2, 0) is 22.6 Å². The van der Waals surface area contributed by atoms with Crippen molar-refractivity contribution < 1.29 is 15.7 Å². The minimum Gasteiger partial charge on any atom is -0.457 e. The Labute approximate surface area is 464 Å². The summed E-state index contributed by atoms with van der Waals surface area (Å²) in [6, 6.07) is 47.6. The van der Waals surface area contributed by atoms with Crippen LogP contribution in [0.1, 0.15) is 109 Å². The Morgan fingerprint density at radius 1 is 0.592 bits per heavy atom. The van der Waals surface area contributed by atoms with Crippen molar-refractivity contribution in [1.82, 2.24) is 9.55 Å². The molecule has 11 aromatic rings. The number of anilines is 4. The van der Waals surface area contributed by atoms with E-state index < -0.39 is 29.9 Å². The van der Waals surface area contributed by atoms with E-state index in [4.69, 9.17) is 17.9 Å². The van der Waals surface area contributed by atoms with Crippen LogP contribution in [0.15, 0.2) is 182 Å². The van der Waals surface area contributed by atoms with Gasteiger partial charge in [0.05, 0.1) is 36.3 Å². The summed E-state index contributed by atoms with van der Waals surface area (Å²) < 4.78 is 83.9. The standard InChI is InChI=1S/C70H68N4OS/c1-44(2)34-45-32-33-71-64(35-45)74-61-31-30-55-54-24-15-18-27-63(54)76-67(55)65(61)56-29-28-53(42-62(56)74)75-52-23-19-22-51(41-52)72-43-73(60-26-17-16-25-59(60)72)66-57(46-20-13-12-14-21-46)39-50(70(9,10)11)40-58(66)47-36-48(68(3,4)5)38-49(37-47)69(6,7)8/h12-33,35-42,44H,34,43H2,1-11H3/i12D,13D,14D,20D,21D,33D,34D2. The summed E-state index contributed by atoms with van der Waals surface area (Å²) in [5, 5.41) is 4.34. The number of pyridine rings is 1. The van der Waals surface area contributed by atoms with Crippen LogP contribution in [0.3, 0.4) is 0 Å². The van der Waals surface area contributed by atoms with Gasteiger partial charge in [0.1, 0.15) is 24.0 Å². The van der Waals surface area contributed by atoms with Crippen LogP contribution >= 0.6 is 11.3 Å². The average Bonchev–Trinajstić information content (AvgIpc) is 2.41. The number of hydrogen-bond acceptors (Lipinski definition) is 5. The predicted octanol–water partition coefficient (Wildman–Crippen LogP) is 20.0. The number of rotatable bonds is 9. The van der Waals surface area contributed by atoms with E-state index in [0.29, 0.717) is 35.1 Å². The number of ether oxygens (including phenoxy) is 1. The summed E-state index contributed by atoms with van der Waals surface area (Å²) in [6.07, 6.45) is -1.74. The first kappa shape index (κ1) is 40.6. The maximum absolute atomic E-state index is 9.50. The number of nitrogens with zero attached hydrogens (tertiary/aromatic N) is 4. The molecule has 12 rings (SSSR count). The minimum atomic E-state index is -1.71. The quantitative estimate of drug-likeness (QED) is 0.144. The summed E-state index contributed by atoms with van der Waals surface area (Å²) in [6.45, 7) is 23.8. The molecule has 5 nitrogen and oxygen atoms in total. The second-order valence-electron chi connectivity index (χ2n) is 23.6. The van der Waals surface area contributed by atoms with E-state index >= 15 is 0 Å². The fourth-order valence-corrected chi connectivity index (χ4v) is 12.0. The second kappa shape index (κ2) is 18.6. The highest BCUT2D eigenvalue weighted by Crippen LogP contribution is 2.53. The van der Waals surface area contributed by atoms with Crippen molar-refractivity contribution in [2.45, 2.75) is 98.8 Å². The number of benzene rings is 8. The van der Waals surface area contributed by atoms with Crippen LogP contribution in [0.2, 0.25) is 0 Å². The minimum absolute atomic E-state index is 0.0240. The van der Waals surface area contributed by atoms with E-state index in [0.717, 1.165) is 82.5 Å². The first-order valence-electron chi connectivity index (χ1n) is 30.3. The molecular formula is C70H68N4OS. The number of para-hydroxylation sites is 2. The van der Waals surface area contributed by atoms with Gasteiger partial charge >= 0.3 is 0 Å². The third kappa shape index (κ3) is 8.90. The molecule has 0 saturated heterocycles. The summed E-state index contributed by atoms with van der Waals surface area (Å²) in [7, 11) is 0. The number of fused-ring (bicyclic) bond motifs is 8. The van der Waals surface area contributed by atoms with Gasteiger partial charge in [0, 0.05) is 68.8 Å². The lowest BCUT2D eigenvalue weighted by Gasteiger charge is -2.31. The molecule has 4 heterocycles. The highest BCUT2D eigenvalue weighted by atomic mass is 32.1. The monoisotopic (exact) mass is 1020 g/mol. The normalized spacial score (nSPS) is 14.9. The molecule has 0 unspecified atom stereocenters. The largest absolute Gasteiger partial charge is 0.457 e. The van der Waals surface area contributed by atoms with Crippen LogP contribution in [0.5, 0.6) is 11.5 Å². The van der Waals surface area contributed by atoms with E-state index in [1.54, 1.807) is 17.4 Å². The Morgan fingerprint density at radius 2 is 1.24 bits per heavy atom. The predicted molar refractivity (Wildman–Crippen MR) is 326 cm³/mol. The van der Waals surface area contributed by atoms with E-state index in [1.807, 2.05) is 66.9 Å². The Hall–Kier alpha value is -7.67. The van der Waals surface area contributed by atoms with E-state index in [-0.39, 0.29) is 40.6 Å². The lowest BCUT2D eigenvalue weighted by Crippen LogP contribution is -2.25. The molecule has 380 valence electrons. The molecule has 8 aromatic carbocycles. The van der Waals surface area contributed by atoms with Crippen molar-refractivity contribution in [2.24, 2.45) is 5.92 Å².